The van der Waals surface area contributed by atoms with Crippen LogP contribution >= 0.6 is 0 Å². The molecule has 0 aliphatic carbocycles. The molecule has 5 nitrogen and oxygen atoms in total. The van der Waals surface area contributed by atoms with Crippen LogP contribution in [0, 0.1) is 23.2 Å². The molecule has 0 aliphatic rings. The van der Waals surface area contributed by atoms with E-state index in [2.05, 4.69) is 10.3 Å². The van der Waals surface area contributed by atoms with E-state index in [0.29, 0.717) is 11.3 Å². The smallest absolute Gasteiger partial charge is 0.128 e. The molecule has 0 amide bonds. The minimum absolute atomic E-state index is 0.315. The zero-order chi connectivity index (χ0) is 10.1. The molecular weight excluding hydrogens is 180 g/mol. The molecule has 0 aliphatic heterocycles. The Kier molecular flexibility index (Phi) is 1.75. The van der Waals surface area contributed by atoms with E-state index < -0.39 is 0 Å². The highest BCUT2D eigenvalue weighted by molar-refractivity contribution is 5.64. The lowest BCUT2D eigenvalue weighted by Gasteiger charge is -1.98. The lowest BCUT2D eigenvalue weighted by atomic mass is 10.2. The van der Waals surface area contributed by atoms with Crippen LogP contribution in [-0.4, -0.2) is 9.61 Å². The molecule has 2 rings (SSSR count). The second kappa shape index (κ2) is 2.92. The van der Waals surface area contributed by atoms with Crippen LogP contribution in [0.4, 0.5) is 5.69 Å². The topological polar surface area (TPSA) is 70.5 Å². The van der Waals surface area contributed by atoms with Crippen molar-refractivity contribution in [1.29, 1.82) is 5.26 Å². The second-order valence-corrected chi connectivity index (χ2v) is 2.91. The van der Waals surface area contributed by atoms with Crippen molar-refractivity contribution in [1.82, 2.24) is 9.61 Å². The fourth-order valence-electron chi connectivity index (χ4n) is 1.33. The van der Waals surface area contributed by atoms with Gasteiger partial charge < -0.3 is 0 Å². The van der Waals surface area contributed by atoms with Crippen molar-refractivity contribution in [3.63, 3.8) is 0 Å². The Bertz CT molecular complexity index is 550. The first-order chi connectivity index (χ1) is 6.76. The Morgan fingerprint density at radius 3 is 3.07 bits per heavy atom. The summed E-state index contributed by atoms with van der Waals surface area (Å²) in [4.78, 5) is 10.3. The predicted molar refractivity (Wildman–Crippen MR) is 50.1 cm³/mol. The van der Waals surface area contributed by atoms with Gasteiger partial charge in [0.2, 0.25) is 0 Å². The first kappa shape index (κ1) is 8.38. The average molecular weight is 186 g/mol. The van der Waals surface area contributed by atoms with E-state index >= 15 is 0 Å². The largest absolute Gasteiger partial charge is 0.238 e. The molecule has 0 saturated heterocycles. The zero-order valence-electron chi connectivity index (χ0n) is 7.43. The summed E-state index contributed by atoms with van der Waals surface area (Å²) in [5.74, 6) is 0. The highest BCUT2D eigenvalue weighted by atomic mass is 16.3. The van der Waals surface area contributed by atoms with Crippen LogP contribution < -0.4 is 0 Å². The normalized spacial score (nSPS) is 10.0. The van der Waals surface area contributed by atoms with E-state index in [1.165, 1.54) is 16.9 Å². The van der Waals surface area contributed by atoms with Crippen molar-refractivity contribution in [2.24, 2.45) is 5.18 Å². The maximum absolute atomic E-state index is 10.3. The zero-order valence-corrected chi connectivity index (χ0v) is 7.43. The van der Waals surface area contributed by atoms with Crippen molar-refractivity contribution in [2.75, 3.05) is 0 Å². The van der Waals surface area contributed by atoms with Gasteiger partial charge in [0.15, 0.2) is 0 Å². The van der Waals surface area contributed by atoms with Crippen molar-refractivity contribution >= 4 is 11.2 Å². The van der Waals surface area contributed by atoms with Gasteiger partial charge in [-0.05, 0) is 23.7 Å². The van der Waals surface area contributed by atoms with Crippen LogP contribution in [0.25, 0.3) is 5.52 Å². The van der Waals surface area contributed by atoms with Gasteiger partial charge in [-0.2, -0.15) is 10.4 Å². The maximum atomic E-state index is 10.3. The molecule has 0 atom stereocenters. The molecule has 2 heterocycles. The Hall–Kier alpha value is -2.22. The fourth-order valence-corrected chi connectivity index (χ4v) is 1.33. The van der Waals surface area contributed by atoms with Crippen molar-refractivity contribution in [3.05, 3.63) is 34.5 Å². The Morgan fingerprint density at radius 1 is 1.64 bits per heavy atom. The minimum Gasteiger partial charge on any atom is -0.238 e. The van der Waals surface area contributed by atoms with Gasteiger partial charge in [0.05, 0.1) is 23.5 Å². The number of hydrogen-bond acceptors (Lipinski definition) is 4. The standard InChI is InChI=1S/C9H6N4O/c1-6-7(3-10)4-11-13-5-8(12-14)2-9(6)13/h2,4-5H,1H3. The van der Waals surface area contributed by atoms with E-state index in [1.54, 1.807) is 6.07 Å². The number of nitrogens with zero attached hydrogens (tertiary/aromatic N) is 4. The molecule has 68 valence electrons. The third-order valence-corrected chi connectivity index (χ3v) is 2.11. The van der Waals surface area contributed by atoms with Gasteiger partial charge >= 0.3 is 0 Å². The molecule has 14 heavy (non-hydrogen) atoms. The van der Waals surface area contributed by atoms with Gasteiger partial charge in [0.25, 0.3) is 0 Å². The molecule has 0 radical (unpaired) electrons. The average Bonchev–Trinajstić information content (AvgIpc) is 2.62. The molecule has 0 aromatic carbocycles. The summed E-state index contributed by atoms with van der Waals surface area (Å²) >= 11 is 0. The highest BCUT2D eigenvalue weighted by Crippen LogP contribution is 2.20. The molecule has 2 aromatic rings. The van der Waals surface area contributed by atoms with Crippen molar-refractivity contribution < 1.29 is 0 Å². The van der Waals surface area contributed by atoms with Gasteiger partial charge in [0.1, 0.15) is 11.8 Å². The van der Waals surface area contributed by atoms with E-state index in [1.807, 2.05) is 13.0 Å². The summed E-state index contributed by atoms with van der Waals surface area (Å²) in [7, 11) is 0. The number of aryl methyl sites for hydroxylation is 1. The molecule has 5 heteroatoms. The predicted octanol–water partition coefficient (Wildman–Crippen LogP) is 1.91. The van der Waals surface area contributed by atoms with Gasteiger partial charge in [-0.15, -0.1) is 4.91 Å². The lowest BCUT2D eigenvalue weighted by Crippen LogP contribution is -1.94. The summed E-state index contributed by atoms with van der Waals surface area (Å²) in [6.45, 7) is 1.81. The summed E-state index contributed by atoms with van der Waals surface area (Å²) < 4.78 is 1.53. The molecule has 0 fully saturated rings. The maximum Gasteiger partial charge on any atom is 0.128 e. The molecule has 0 bridgehead atoms. The van der Waals surface area contributed by atoms with Gasteiger partial charge in [0, 0.05) is 0 Å². The third-order valence-electron chi connectivity index (χ3n) is 2.11. The Balaban J connectivity index is 2.83. The summed E-state index contributed by atoms with van der Waals surface area (Å²) in [6.07, 6.45) is 2.99. The van der Waals surface area contributed by atoms with E-state index in [0.717, 1.165) is 11.1 Å². The summed E-state index contributed by atoms with van der Waals surface area (Å²) in [5.41, 5.74) is 2.36. The first-order valence-electron chi connectivity index (χ1n) is 3.97. The molecule has 2 aromatic heterocycles. The SMILES string of the molecule is Cc1c(C#N)cnn2cc(N=O)cc12. The van der Waals surface area contributed by atoms with Crippen LogP contribution in [0.1, 0.15) is 11.1 Å². The Morgan fingerprint density at radius 2 is 2.43 bits per heavy atom. The fraction of sp³-hybridized carbons (Fsp3) is 0.111. The van der Waals surface area contributed by atoms with E-state index in [-0.39, 0.29) is 0 Å². The van der Waals surface area contributed by atoms with E-state index in [9.17, 15) is 4.91 Å². The lowest BCUT2D eigenvalue weighted by molar-refractivity contribution is 0.929. The Labute approximate surface area is 79.6 Å². The molecule has 0 saturated carbocycles. The molecule has 0 spiro atoms. The van der Waals surface area contributed by atoms with Crippen LogP contribution in [0.2, 0.25) is 0 Å². The number of fused-ring (bicyclic) bond motifs is 1. The first-order valence-corrected chi connectivity index (χ1v) is 3.97. The number of nitroso groups, excluding NO2 is 1. The monoisotopic (exact) mass is 186 g/mol. The number of hydrogen-bond donors (Lipinski definition) is 0. The van der Waals surface area contributed by atoms with Crippen LogP contribution in [0.15, 0.2) is 23.6 Å². The quantitative estimate of drug-likeness (QED) is 0.638. The van der Waals surface area contributed by atoms with E-state index in [4.69, 9.17) is 5.26 Å². The number of rotatable bonds is 1. The molecule has 0 unspecified atom stereocenters. The van der Waals surface area contributed by atoms with Crippen molar-refractivity contribution in [2.45, 2.75) is 6.92 Å². The third kappa shape index (κ3) is 1.05. The van der Waals surface area contributed by atoms with Crippen LogP contribution in [-0.2, 0) is 0 Å². The molecular formula is C9H6N4O. The summed E-state index contributed by atoms with van der Waals surface area (Å²) in [5, 5.41) is 15.5. The van der Waals surface area contributed by atoms with Crippen molar-refractivity contribution in [3.8, 4) is 6.07 Å². The highest BCUT2D eigenvalue weighted by Gasteiger charge is 2.06. The second-order valence-electron chi connectivity index (χ2n) is 2.91. The number of aromatic nitrogens is 2. The van der Waals surface area contributed by atoms with Gasteiger partial charge in [-0.1, -0.05) is 0 Å². The van der Waals surface area contributed by atoms with Crippen LogP contribution in [0.3, 0.4) is 0 Å². The van der Waals surface area contributed by atoms with Crippen LogP contribution in [0.5, 0.6) is 0 Å². The van der Waals surface area contributed by atoms with Gasteiger partial charge in [-0.3, -0.25) is 0 Å². The number of nitriles is 1. The van der Waals surface area contributed by atoms with Gasteiger partial charge in [-0.25, -0.2) is 4.52 Å². The molecule has 0 N–H and O–H groups in total. The summed E-state index contributed by atoms with van der Waals surface area (Å²) in [6, 6.07) is 3.64. The minimum atomic E-state index is 0.315.